The number of rotatable bonds is 1. The van der Waals surface area contributed by atoms with E-state index >= 15 is 0 Å². The maximum Gasteiger partial charge on any atom is 0.139 e. The first-order valence-corrected chi connectivity index (χ1v) is 7.17. The Morgan fingerprint density at radius 1 is 1.33 bits per heavy atom. The third kappa shape index (κ3) is 1.74. The minimum absolute atomic E-state index is 0.687. The minimum Gasteiger partial charge on any atom is -0.383 e. The molecule has 0 radical (unpaired) electrons. The molecule has 0 atom stereocenters. The van der Waals surface area contributed by atoms with Gasteiger partial charge in [0, 0.05) is 26.0 Å². The van der Waals surface area contributed by atoms with Crippen LogP contribution in [-0.2, 0) is 0 Å². The molecule has 3 nitrogen and oxygen atoms in total. The van der Waals surface area contributed by atoms with Crippen LogP contribution in [-0.4, -0.2) is 9.38 Å². The zero-order valence-electron chi connectivity index (χ0n) is 10.1. The highest BCUT2D eigenvalue weighted by molar-refractivity contribution is 9.10. The van der Waals surface area contributed by atoms with Crippen molar-refractivity contribution < 1.29 is 0 Å². The predicted octanol–water partition coefficient (Wildman–Crippen LogP) is 4.02. The van der Waals surface area contributed by atoms with E-state index < -0.39 is 0 Å². The van der Waals surface area contributed by atoms with E-state index in [0.29, 0.717) is 5.82 Å². The summed E-state index contributed by atoms with van der Waals surface area (Å²) in [4.78, 5) is 7.15. The van der Waals surface area contributed by atoms with E-state index in [1.165, 1.54) is 9.75 Å². The lowest BCUT2D eigenvalue weighted by Gasteiger charge is -1.98. The number of nitrogens with zero attached hydrogens (tertiary/aromatic N) is 2. The molecule has 0 unspecified atom stereocenters. The first kappa shape index (κ1) is 11.7. The Kier molecular flexibility index (Phi) is 2.68. The Hall–Kier alpha value is -1.33. The van der Waals surface area contributed by atoms with Gasteiger partial charge in [-0.05, 0) is 48.0 Å². The molecule has 3 heterocycles. The minimum atomic E-state index is 0.687. The number of fused-ring (bicyclic) bond motifs is 1. The molecule has 3 aromatic rings. The van der Waals surface area contributed by atoms with E-state index in [1.54, 1.807) is 11.3 Å². The van der Waals surface area contributed by atoms with Gasteiger partial charge in [0.05, 0.1) is 0 Å². The Morgan fingerprint density at radius 2 is 2.11 bits per heavy atom. The monoisotopic (exact) mass is 321 g/mol. The van der Waals surface area contributed by atoms with Crippen LogP contribution < -0.4 is 5.73 Å². The van der Waals surface area contributed by atoms with E-state index in [-0.39, 0.29) is 0 Å². The Morgan fingerprint density at radius 3 is 2.78 bits per heavy atom. The average Bonchev–Trinajstić information content (AvgIpc) is 2.80. The van der Waals surface area contributed by atoms with Crippen molar-refractivity contribution in [3.05, 3.63) is 38.6 Å². The molecule has 0 saturated heterocycles. The number of nitrogen functional groups attached to an aromatic ring is 1. The zero-order valence-corrected chi connectivity index (χ0v) is 12.5. The molecule has 0 fully saturated rings. The van der Waals surface area contributed by atoms with Crippen molar-refractivity contribution in [1.29, 1.82) is 0 Å². The highest BCUT2D eigenvalue weighted by Crippen LogP contribution is 2.34. The van der Waals surface area contributed by atoms with Crippen molar-refractivity contribution >= 4 is 38.7 Å². The second-order valence-electron chi connectivity index (χ2n) is 4.25. The lowest BCUT2D eigenvalue weighted by atomic mass is 10.2. The SMILES string of the molecule is Cc1cc(-c2nc3ccc(Br)cn3c2N)c(C)s1. The fourth-order valence-corrected chi connectivity index (χ4v) is 3.36. The van der Waals surface area contributed by atoms with Gasteiger partial charge in [0.15, 0.2) is 0 Å². The summed E-state index contributed by atoms with van der Waals surface area (Å²) in [6.45, 7) is 4.20. The van der Waals surface area contributed by atoms with Crippen molar-refractivity contribution in [2.75, 3.05) is 5.73 Å². The molecule has 3 rings (SSSR count). The number of thiophene rings is 1. The zero-order chi connectivity index (χ0) is 12.9. The van der Waals surface area contributed by atoms with Crippen LogP contribution in [0.4, 0.5) is 5.82 Å². The van der Waals surface area contributed by atoms with Gasteiger partial charge in [0.25, 0.3) is 0 Å². The maximum absolute atomic E-state index is 6.20. The third-order valence-electron chi connectivity index (χ3n) is 2.92. The lowest BCUT2D eigenvalue weighted by molar-refractivity contribution is 1.18. The summed E-state index contributed by atoms with van der Waals surface area (Å²) in [6, 6.07) is 6.07. The molecular formula is C13H12BrN3S. The summed E-state index contributed by atoms with van der Waals surface area (Å²) in [5.74, 6) is 0.687. The van der Waals surface area contributed by atoms with Crippen molar-refractivity contribution in [3.63, 3.8) is 0 Å². The second-order valence-corrected chi connectivity index (χ2v) is 6.62. The number of hydrogen-bond donors (Lipinski definition) is 1. The molecule has 3 aromatic heterocycles. The van der Waals surface area contributed by atoms with Crippen LogP contribution in [0.5, 0.6) is 0 Å². The van der Waals surface area contributed by atoms with Gasteiger partial charge in [0.2, 0.25) is 0 Å². The number of anilines is 1. The Balaban J connectivity index is 2.30. The summed E-state index contributed by atoms with van der Waals surface area (Å²) >= 11 is 5.22. The molecule has 0 bridgehead atoms. The third-order valence-corrected chi connectivity index (χ3v) is 4.35. The van der Waals surface area contributed by atoms with E-state index in [0.717, 1.165) is 21.4 Å². The molecule has 2 N–H and O–H groups in total. The van der Waals surface area contributed by atoms with Crippen LogP contribution in [0.15, 0.2) is 28.9 Å². The highest BCUT2D eigenvalue weighted by atomic mass is 79.9. The van der Waals surface area contributed by atoms with E-state index in [4.69, 9.17) is 5.73 Å². The molecule has 0 aliphatic rings. The number of pyridine rings is 1. The normalized spacial score (nSPS) is 11.3. The Labute approximate surface area is 117 Å². The van der Waals surface area contributed by atoms with E-state index in [9.17, 15) is 0 Å². The summed E-state index contributed by atoms with van der Waals surface area (Å²) in [7, 11) is 0. The number of aryl methyl sites for hydroxylation is 2. The Bertz CT molecular complexity index is 742. The molecule has 0 saturated carbocycles. The summed E-state index contributed by atoms with van der Waals surface area (Å²) in [5.41, 5.74) is 9.08. The number of imidazole rings is 1. The average molecular weight is 322 g/mol. The van der Waals surface area contributed by atoms with Crippen LogP contribution in [0.25, 0.3) is 16.9 Å². The first-order chi connectivity index (χ1) is 8.56. The van der Waals surface area contributed by atoms with Crippen LogP contribution >= 0.6 is 27.3 Å². The molecule has 0 aliphatic carbocycles. The fraction of sp³-hybridized carbons (Fsp3) is 0.154. The van der Waals surface area contributed by atoms with Crippen molar-refractivity contribution in [2.24, 2.45) is 0 Å². The number of halogens is 1. The standard InChI is InChI=1S/C13H12BrN3S/c1-7-5-10(8(2)18-7)12-13(15)17-6-9(14)3-4-11(17)16-12/h3-6H,15H2,1-2H3. The number of hydrogen-bond acceptors (Lipinski definition) is 3. The molecule has 0 amide bonds. The fourth-order valence-electron chi connectivity index (χ4n) is 2.10. The van der Waals surface area contributed by atoms with Crippen LogP contribution in [0.2, 0.25) is 0 Å². The van der Waals surface area contributed by atoms with Crippen molar-refractivity contribution in [2.45, 2.75) is 13.8 Å². The molecule has 92 valence electrons. The molecule has 0 spiro atoms. The molecule has 18 heavy (non-hydrogen) atoms. The van der Waals surface area contributed by atoms with Crippen LogP contribution in [0, 0.1) is 13.8 Å². The quantitative estimate of drug-likeness (QED) is 0.735. The van der Waals surface area contributed by atoms with E-state index in [2.05, 4.69) is 40.8 Å². The predicted molar refractivity (Wildman–Crippen MR) is 80.1 cm³/mol. The van der Waals surface area contributed by atoms with Gasteiger partial charge in [-0.15, -0.1) is 11.3 Å². The van der Waals surface area contributed by atoms with E-state index in [1.807, 2.05) is 22.7 Å². The van der Waals surface area contributed by atoms with Crippen LogP contribution in [0.3, 0.4) is 0 Å². The van der Waals surface area contributed by atoms with Gasteiger partial charge in [-0.25, -0.2) is 4.98 Å². The topological polar surface area (TPSA) is 43.3 Å². The highest BCUT2D eigenvalue weighted by Gasteiger charge is 2.15. The van der Waals surface area contributed by atoms with Crippen molar-refractivity contribution in [1.82, 2.24) is 9.38 Å². The van der Waals surface area contributed by atoms with Gasteiger partial charge in [-0.1, -0.05) is 0 Å². The van der Waals surface area contributed by atoms with Gasteiger partial charge in [-0.2, -0.15) is 0 Å². The van der Waals surface area contributed by atoms with Gasteiger partial charge < -0.3 is 5.73 Å². The molecule has 5 heteroatoms. The number of aromatic nitrogens is 2. The lowest BCUT2D eigenvalue weighted by Crippen LogP contribution is -1.93. The van der Waals surface area contributed by atoms with Crippen LogP contribution in [0.1, 0.15) is 9.75 Å². The number of nitrogens with two attached hydrogens (primary N) is 1. The summed E-state index contributed by atoms with van der Waals surface area (Å²) in [6.07, 6.45) is 1.94. The molecule has 0 aromatic carbocycles. The van der Waals surface area contributed by atoms with Gasteiger partial charge >= 0.3 is 0 Å². The summed E-state index contributed by atoms with van der Waals surface area (Å²) in [5, 5.41) is 0. The maximum atomic E-state index is 6.20. The van der Waals surface area contributed by atoms with Gasteiger partial charge in [0.1, 0.15) is 17.2 Å². The van der Waals surface area contributed by atoms with Crippen molar-refractivity contribution in [3.8, 4) is 11.3 Å². The first-order valence-electron chi connectivity index (χ1n) is 5.57. The smallest absolute Gasteiger partial charge is 0.139 e. The van der Waals surface area contributed by atoms with Gasteiger partial charge in [-0.3, -0.25) is 4.40 Å². The molecular weight excluding hydrogens is 310 g/mol. The molecule has 0 aliphatic heterocycles. The summed E-state index contributed by atoms with van der Waals surface area (Å²) < 4.78 is 2.90. The second kappa shape index (κ2) is 4.10. The largest absolute Gasteiger partial charge is 0.383 e.